The third-order valence-corrected chi connectivity index (χ3v) is 5.98. The third-order valence-electron chi connectivity index (χ3n) is 4.10. The van der Waals surface area contributed by atoms with E-state index in [1.807, 2.05) is 0 Å². The average molecular weight is 413 g/mol. The smallest absolute Gasteiger partial charge is 0.407 e. The molecule has 1 aliphatic rings. The number of hydrogen-bond acceptors (Lipinski definition) is 6. The molecule has 1 aromatic heterocycles. The maximum atomic E-state index is 12.6. The molecule has 9 nitrogen and oxygen atoms in total. The van der Waals surface area contributed by atoms with Crippen molar-refractivity contribution in [3.63, 3.8) is 0 Å². The summed E-state index contributed by atoms with van der Waals surface area (Å²) in [6, 6.07) is 3.09. The molecule has 10 heteroatoms. The zero-order chi connectivity index (χ0) is 20.8. The van der Waals surface area contributed by atoms with Gasteiger partial charge in [-0.05, 0) is 39.3 Å². The Hall–Kier alpha value is -2.20. The number of nitrogens with zero attached hydrogens (tertiary/aromatic N) is 3. The van der Waals surface area contributed by atoms with Gasteiger partial charge < -0.3 is 15.0 Å². The zero-order valence-corrected chi connectivity index (χ0v) is 17.4. The molecule has 2 heterocycles. The lowest BCUT2D eigenvalue weighted by molar-refractivity contribution is -0.132. The van der Waals surface area contributed by atoms with Crippen molar-refractivity contribution in [1.82, 2.24) is 19.5 Å². The van der Waals surface area contributed by atoms with E-state index in [4.69, 9.17) is 4.74 Å². The molecule has 2 rings (SSSR count). The summed E-state index contributed by atoms with van der Waals surface area (Å²) in [4.78, 5) is 29.5. The molecule has 0 unspecified atom stereocenters. The van der Waals surface area contributed by atoms with Crippen molar-refractivity contribution in [3.05, 3.63) is 24.5 Å². The van der Waals surface area contributed by atoms with E-state index in [-0.39, 0.29) is 30.3 Å². The molecular formula is C18H28N4O5S. The Kier molecular flexibility index (Phi) is 7.36. The Morgan fingerprint density at radius 3 is 2.46 bits per heavy atom. The minimum Gasteiger partial charge on any atom is -0.444 e. The van der Waals surface area contributed by atoms with Crippen LogP contribution in [0.1, 0.15) is 33.6 Å². The number of carbonyl (C=O) groups excluding carboxylic acids is 2. The van der Waals surface area contributed by atoms with Gasteiger partial charge in [0, 0.05) is 51.5 Å². The maximum absolute atomic E-state index is 12.6. The Labute approximate surface area is 166 Å². The quantitative estimate of drug-likeness (QED) is 0.704. The van der Waals surface area contributed by atoms with E-state index in [1.54, 1.807) is 31.7 Å². The minimum atomic E-state index is -3.59. The number of pyridine rings is 1. The number of aromatic nitrogens is 1. The summed E-state index contributed by atoms with van der Waals surface area (Å²) in [5.74, 6) is -0.0515. The molecule has 0 aromatic carbocycles. The number of piperazine rings is 1. The number of sulfonamides is 1. The monoisotopic (exact) mass is 412 g/mol. The summed E-state index contributed by atoms with van der Waals surface area (Å²) in [5, 5.41) is 2.62. The first kappa shape index (κ1) is 22.1. The van der Waals surface area contributed by atoms with Crippen molar-refractivity contribution in [1.29, 1.82) is 0 Å². The van der Waals surface area contributed by atoms with Crippen molar-refractivity contribution in [2.75, 3.05) is 32.7 Å². The van der Waals surface area contributed by atoms with Crippen molar-refractivity contribution in [2.45, 2.75) is 44.1 Å². The summed E-state index contributed by atoms with van der Waals surface area (Å²) in [6.07, 6.45) is 3.11. The summed E-state index contributed by atoms with van der Waals surface area (Å²) in [6.45, 7) is 6.88. The molecule has 1 aromatic rings. The average Bonchev–Trinajstić information content (AvgIpc) is 2.64. The second kappa shape index (κ2) is 9.33. The molecule has 0 aliphatic carbocycles. The molecule has 1 fully saturated rings. The normalized spacial score (nSPS) is 15.9. The molecule has 0 spiro atoms. The van der Waals surface area contributed by atoms with Crippen LogP contribution in [0.4, 0.5) is 4.79 Å². The summed E-state index contributed by atoms with van der Waals surface area (Å²) in [5.41, 5.74) is -0.560. The fraction of sp³-hybridized carbons (Fsp3) is 0.611. The van der Waals surface area contributed by atoms with Gasteiger partial charge in [0.25, 0.3) is 0 Å². The van der Waals surface area contributed by atoms with E-state index in [0.717, 1.165) is 0 Å². The highest BCUT2D eigenvalue weighted by Gasteiger charge is 2.30. The first-order valence-corrected chi connectivity index (χ1v) is 10.7. The van der Waals surface area contributed by atoms with E-state index in [2.05, 4.69) is 10.3 Å². The predicted molar refractivity (Wildman–Crippen MR) is 103 cm³/mol. The van der Waals surface area contributed by atoms with Gasteiger partial charge in [-0.2, -0.15) is 4.31 Å². The van der Waals surface area contributed by atoms with Gasteiger partial charge in [-0.1, -0.05) is 0 Å². The molecule has 1 saturated heterocycles. The molecule has 1 N–H and O–H groups in total. The summed E-state index contributed by atoms with van der Waals surface area (Å²) < 4.78 is 31.6. The summed E-state index contributed by atoms with van der Waals surface area (Å²) >= 11 is 0. The number of carbonyl (C=O) groups is 2. The number of ether oxygens (including phenoxy) is 1. The molecule has 0 radical (unpaired) electrons. The highest BCUT2D eigenvalue weighted by molar-refractivity contribution is 7.89. The van der Waals surface area contributed by atoms with E-state index >= 15 is 0 Å². The molecule has 156 valence electrons. The fourth-order valence-electron chi connectivity index (χ4n) is 2.73. The van der Waals surface area contributed by atoms with Crippen LogP contribution in [-0.4, -0.2) is 72.9 Å². The molecule has 0 saturated carbocycles. The number of amides is 2. The lowest BCUT2D eigenvalue weighted by atomic mass is 10.2. The van der Waals surface area contributed by atoms with Crippen LogP contribution < -0.4 is 5.32 Å². The standard InChI is InChI=1S/C18H28N4O5S/c1-18(2,3)27-17(24)20-9-5-7-16(23)21-10-12-22(13-11-21)28(25,26)15-6-4-8-19-14-15/h4,6,8,14H,5,7,9-13H2,1-3H3,(H,20,24). The molecule has 28 heavy (non-hydrogen) atoms. The first-order valence-electron chi connectivity index (χ1n) is 9.24. The Morgan fingerprint density at radius 1 is 1.21 bits per heavy atom. The highest BCUT2D eigenvalue weighted by Crippen LogP contribution is 2.17. The Morgan fingerprint density at radius 2 is 1.89 bits per heavy atom. The maximum Gasteiger partial charge on any atom is 0.407 e. The molecular weight excluding hydrogens is 384 g/mol. The van der Waals surface area contributed by atoms with E-state index < -0.39 is 21.7 Å². The van der Waals surface area contributed by atoms with E-state index in [1.165, 1.54) is 22.8 Å². The van der Waals surface area contributed by atoms with Crippen LogP contribution in [0.15, 0.2) is 29.4 Å². The van der Waals surface area contributed by atoms with Crippen LogP contribution in [0.25, 0.3) is 0 Å². The Bertz CT molecular complexity index is 769. The lowest BCUT2D eigenvalue weighted by Gasteiger charge is -2.34. The van der Waals surface area contributed by atoms with Gasteiger partial charge in [0.2, 0.25) is 15.9 Å². The van der Waals surface area contributed by atoms with Gasteiger partial charge in [0.05, 0.1) is 0 Å². The van der Waals surface area contributed by atoms with Gasteiger partial charge >= 0.3 is 6.09 Å². The second-order valence-electron chi connectivity index (χ2n) is 7.51. The van der Waals surface area contributed by atoms with Gasteiger partial charge in [0.1, 0.15) is 10.5 Å². The summed E-state index contributed by atoms with van der Waals surface area (Å²) in [7, 11) is -3.59. The predicted octanol–water partition coefficient (Wildman–Crippen LogP) is 1.22. The van der Waals surface area contributed by atoms with Crippen molar-refractivity contribution >= 4 is 22.0 Å². The molecule has 0 bridgehead atoms. The Balaban J connectivity index is 1.73. The zero-order valence-electron chi connectivity index (χ0n) is 16.6. The van der Waals surface area contributed by atoms with Gasteiger partial charge in [-0.25, -0.2) is 13.2 Å². The van der Waals surface area contributed by atoms with Crippen LogP contribution in [-0.2, 0) is 19.6 Å². The van der Waals surface area contributed by atoms with Crippen LogP contribution in [0.3, 0.4) is 0 Å². The van der Waals surface area contributed by atoms with E-state index in [9.17, 15) is 18.0 Å². The fourth-order valence-corrected chi connectivity index (χ4v) is 4.12. The number of nitrogens with one attached hydrogen (secondary N) is 1. The van der Waals surface area contributed by atoms with Crippen molar-refractivity contribution in [3.8, 4) is 0 Å². The molecule has 1 aliphatic heterocycles. The van der Waals surface area contributed by atoms with E-state index in [0.29, 0.717) is 26.1 Å². The van der Waals surface area contributed by atoms with Crippen LogP contribution in [0.2, 0.25) is 0 Å². The number of rotatable bonds is 6. The number of alkyl carbamates (subject to hydrolysis) is 1. The number of hydrogen-bond donors (Lipinski definition) is 1. The second-order valence-corrected chi connectivity index (χ2v) is 9.44. The largest absolute Gasteiger partial charge is 0.444 e. The minimum absolute atomic E-state index is 0.0515. The van der Waals surface area contributed by atoms with Gasteiger partial charge in [-0.15, -0.1) is 0 Å². The van der Waals surface area contributed by atoms with Crippen LogP contribution in [0.5, 0.6) is 0 Å². The van der Waals surface area contributed by atoms with Crippen LogP contribution >= 0.6 is 0 Å². The van der Waals surface area contributed by atoms with Crippen molar-refractivity contribution < 1.29 is 22.7 Å². The molecule has 0 atom stereocenters. The van der Waals surface area contributed by atoms with Gasteiger partial charge in [0.15, 0.2) is 0 Å². The highest BCUT2D eigenvalue weighted by atomic mass is 32.2. The van der Waals surface area contributed by atoms with Crippen LogP contribution in [0, 0.1) is 0 Å². The van der Waals surface area contributed by atoms with Crippen molar-refractivity contribution in [2.24, 2.45) is 0 Å². The molecule has 2 amide bonds. The lowest BCUT2D eigenvalue weighted by Crippen LogP contribution is -2.50. The van der Waals surface area contributed by atoms with Gasteiger partial charge in [-0.3, -0.25) is 9.78 Å². The SMILES string of the molecule is CC(C)(C)OC(=O)NCCCC(=O)N1CCN(S(=O)(=O)c2cccnc2)CC1. The topological polar surface area (TPSA) is 109 Å². The first-order chi connectivity index (χ1) is 13.1. The third kappa shape index (κ3) is 6.45.